The van der Waals surface area contributed by atoms with Gasteiger partial charge in [0.05, 0.1) is 34.5 Å². The molecule has 0 fully saturated rings. The molecule has 35 heavy (non-hydrogen) atoms. The lowest BCUT2D eigenvalue weighted by Gasteiger charge is -2.09. The van der Waals surface area contributed by atoms with Gasteiger partial charge >= 0.3 is 0 Å². The van der Waals surface area contributed by atoms with Crippen LogP contribution in [0.15, 0.2) is 47.3 Å². The minimum Gasteiger partial charge on any atom is -0.470 e. The number of ether oxygens (including phenoxy) is 1. The van der Waals surface area contributed by atoms with E-state index in [-0.39, 0.29) is 23.8 Å². The highest BCUT2D eigenvalue weighted by Crippen LogP contribution is 2.28. The smallest absolute Gasteiger partial charge is 0.276 e. The van der Waals surface area contributed by atoms with Crippen LogP contribution in [-0.2, 0) is 20.3 Å². The second-order valence-electron chi connectivity index (χ2n) is 7.49. The van der Waals surface area contributed by atoms with Crippen molar-refractivity contribution in [3.8, 4) is 5.75 Å². The van der Waals surface area contributed by atoms with Gasteiger partial charge in [-0.2, -0.15) is 15.3 Å². The van der Waals surface area contributed by atoms with Crippen molar-refractivity contribution in [3.05, 3.63) is 69.4 Å². The van der Waals surface area contributed by atoms with Gasteiger partial charge in [0.1, 0.15) is 11.4 Å². The van der Waals surface area contributed by atoms with Crippen LogP contribution in [0.4, 0.5) is 11.4 Å². The fourth-order valence-electron chi connectivity index (χ4n) is 3.23. The number of nitrogens with one attached hydrogen (secondary N) is 2. The molecule has 0 radical (unpaired) electrons. The molecule has 0 spiro atoms. The maximum absolute atomic E-state index is 13.0. The molecule has 2 amide bonds. The lowest BCUT2D eigenvalue weighted by molar-refractivity contribution is 0.101. The molecule has 0 aliphatic rings. The summed E-state index contributed by atoms with van der Waals surface area (Å²) in [6.45, 7) is 4.19. The lowest BCUT2D eigenvalue weighted by Crippen LogP contribution is -2.21. The highest BCUT2D eigenvalue weighted by molar-refractivity contribution is 9.10. The van der Waals surface area contributed by atoms with Gasteiger partial charge in [-0.25, -0.2) is 4.68 Å². The number of carbonyl (C=O) groups excluding carboxylic acids is 2. The molecule has 13 heteroatoms. The van der Waals surface area contributed by atoms with Crippen molar-refractivity contribution in [1.29, 1.82) is 0 Å². The van der Waals surface area contributed by atoms with Crippen molar-refractivity contribution < 1.29 is 14.3 Å². The number of aromatic nitrogens is 6. The zero-order valence-electron chi connectivity index (χ0n) is 19.1. The average Bonchev–Trinajstić information content (AvgIpc) is 3.54. The minimum atomic E-state index is -0.493. The first-order valence-corrected chi connectivity index (χ1v) is 11.7. The van der Waals surface area contributed by atoms with E-state index in [9.17, 15) is 9.59 Å². The van der Waals surface area contributed by atoms with Crippen molar-refractivity contribution in [3.63, 3.8) is 0 Å². The second kappa shape index (κ2) is 10.3. The molecule has 1 aromatic carbocycles. The Morgan fingerprint density at radius 2 is 1.86 bits per heavy atom. The molecule has 0 saturated carbocycles. The van der Waals surface area contributed by atoms with Crippen molar-refractivity contribution in [2.75, 3.05) is 10.6 Å². The molecule has 4 aromatic rings. The largest absolute Gasteiger partial charge is 0.470 e. The lowest BCUT2D eigenvalue weighted by atomic mass is 10.3. The monoisotopic (exact) mass is 560 g/mol. The van der Waals surface area contributed by atoms with Crippen LogP contribution in [0.3, 0.4) is 0 Å². The molecule has 2 N–H and O–H groups in total. The van der Waals surface area contributed by atoms with Crippen molar-refractivity contribution >= 4 is 50.7 Å². The Balaban J connectivity index is 1.45. The highest BCUT2D eigenvalue weighted by Gasteiger charge is 2.22. The van der Waals surface area contributed by atoms with Crippen LogP contribution < -0.4 is 15.4 Å². The number of hydrogen-bond acceptors (Lipinski definition) is 6. The summed E-state index contributed by atoms with van der Waals surface area (Å²) in [5.74, 6) is -0.420. The Kier molecular flexibility index (Phi) is 7.22. The summed E-state index contributed by atoms with van der Waals surface area (Å²) in [6, 6.07) is 6.81. The third-order valence-corrected chi connectivity index (χ3v) is 5.99. The van der Waals surface area contributed by atoms with Crippen LogP contribution in [0.1, 0.15) is 33.6 Å². The van der Waals surface area contributed by atoms with Gasteiger partial charge in [0.2, 0.25) is 0 Å². The third-order valence-electron chi connectivity index (χ3n) is 5.21. The van der Waals surface area contributed by atoms with E-state index >= 15 is 0 Å². The first kappa shape index (κ1) is 24.5. The van der Waals surface area contributed by atoms with Gasteiger partial charge < -0.3 is 15.4 Å². The summed E-state index contributed by atoms with van der Waals surface area (Å²) in [5, 5.41) is 18.6. The Morgan fingerprint density at radius 3 is 2.54 bits per heavy atom. The minimum absolute atomic E-state index is 0.0561. The zero-order chi connectivity index (χ0) is 25.1. The molecule has 0 aliphatic heterocycles. The number of halogens is 2. The third kappa shape index (κ3) is 5.38. The molecule has 3 heterocycles. The fraction of sp³-hybridized carbons (Fsp3) is 0.227. The number of rotatable bonds is 8. The van der Waals surface area contributed by atoms with E-state index in [2.05, 4.69) is 41.9 Å². The van der Waals surface area contributed by atoms with Gasteiger partial charge in [-0.05, 0) is 38.1 Å². The topological polar surface area (TPSA) is 121 Å². The van der Waals surface area contributed by atoms with Crippen LogP contribution in [0, 0.1) is 6.92 Å². The van der Waals surface area contributed by atoms with E-state index in [1.165, 1.54) is 15.6 Å². The van der Waals surface area contributed by atoms with E-state index in [0.29, 0.717) is 23.0 Å². The Bertz CT molecular complexity index is 1390. The van der Waals surface area contributed by atoms with Crippen LogP contribution in [-0.4, -0.2) is 41.2 Å². The number of carbonyl (C=O) groups is 2. The van der Waals surface area contributed by atoms with Gasteiger partial charge in [0.25, 0.3) is 11.8 Å². The van der Waals surface area contributed by atoms with Gasteiger partial charge in [0, 0.05) is 24.3 Å². The van der Waals surface area contributed by atoms with E-state index < -0.39 is 11.8 Å². The maximum Gasteiger partial charge on any atom is 0.276 e. The summed E-state index contributed by atoms with van der Waals surface area (Å²) >= 11 is 9.51. The zero-order valence-corrected chi connectivity index (χ0v) is 21.5. The molecule has 3 aromatic heterocycles. The molecule has 0 aliphatic carbocycles. The molecule has 0 saturated heterocycles. The van der Waals surface area contributed by atoms with Gasteiger partial charge in [-0.1, -0.05) is 27.5 Å². The Hall–Kier alpha value is -3.64. The number of anilines is 2. The number of benzene rings is 1. The maximum atomic E-state index is 13.0. The van der Waals surface area contributed by atoms with Crippen molar-refractivity contribution in [2.24, 2.45) is 7.05 Å². The summed E-state index contributed by atoms with van der Waals surface area (Å²) in [7, 11) is 1.78. The van der Waals surface area contributed by atoms with Crippen LogP contribution in [0.25, 0.3) is 0 Å². The Morgan fingerprint density at radius 1 is 1.11 bits per heavy atom. The van der Waals surface area contributed by atoms with Crippen LogP contribution >= 0.6 is 27.5 Å². The summed E-state index contributed by atoms with van der Waals surface area (Å²) < 4.78 is 11.1. The SMILES string of the molecule is CCn1ncc(NC(=O)c2ccn(COc3ccc(Br)cc3Cl)n2)c1C(=O)Nc1cnn(C)c1C. The number of aryl methyl sites for hydroxylation is 2. The van der Waals surface area contributed by atoms with Crippen molar-refractivity contribution in [2.45, 2.75) is 27.1 Å². The van der Waals surface area contributed by atoms with E-state index in [1.54, 1.807) is 42.3 Å². The quantitative estimate of drug-likeness (QED) is 0.334. The molecule has 0 bridgehead atoms. The van der Waals surface area contributed by atoms with E-state index in [4.69, 9.17) is 16.3 Å². The second-order valence-corrected chi connectivity index (χ2v) is 8.81. The standard InChI is InChI=1S/C22H22BrClN8O3/c1-4-32-20(22(34)27-17-10-25-30(3)13(17)2)18(11-26-32)28-21(33)16-7-8-31(29-16)12-35-19-6-5-14(23)9-15(19)24/h5-11H,4,12H2,1-3H3,(H,27,34)(H,28,33). The van der Waals surface area contributed by atoms with Crippen LogP contribution in [0.2, 0.25) is 5.02 Å². The van der Waals surface area contributed by atoms with Gasteiger partial charge in [0.15, 0.2) is 12.4 Å². The molecule has 0 unspecified atom stereocenters. The fourth-order valence-corrected chi connectivity index (χ4v) is 3.96. The number of nitrogens with zero attached hydrogens (tertiary/aromatic N) is 6. The average molecular weight is 562 g/mol. The highest BCUT2D eigenvalue weighted by atomic mass is 79.9. The first-order valence-electron chi connectivity index (χ1n) is 10.5. The molecule has 4 rings (SSSR count). The van der Waals surface area contributed by atoms with Crippen LogP contribution in [0.5, 0.6) is 5.75 Å². The summed E-state index contributed by atoms with van der Waals surface area (Å²) in [5.41, 5.74) is 2.00. The van der Waals surface area contributed by atoms with Gasteiger partial charge in [-0.3, -0.25) is 19.0 Å². The van der Waals surface area contributed by atoms with Gasteiger partial charge in [-0.15, -0.1) is 0 Å². The number of amides is 2. The normalized spacial score (nSPS) is 10.9. The molecular weight excluding hydrogens is 540 g/mol. The Labute approximate surface area is 214 Å². The summed E-state index contributed by atoms with van der Waals surface area (Å²) in [4.78, 5) is 25.9. The van der Waals surface area contributed by atoms with E-state index in [0.717, 1.165) is 10.2 Å². The predicted molar refractivity (Wildman–Crippen MR) is 134 cm³/mol. The molecular formula is C22H22BrClN8O3. The predicted octanol–water partition coefficient (Wildman–Crippen LogP) is 4.10. The summed E-state index contributed by atoms with van der Waals surface area (Å²) in [6.07, 6.45) is 4.60. The molecule has 182 valence electrons. The van der Waals surface area contributed by atoms with E-state index in [1.807, 2.05) is 19.9 Å². The molecule has 0 atom stereocenters. The van der Waals surface area contributed by atoms with Crippen molar-refractivity contribution in [1.82, 2.24) is 29.3 Å². The molecule has 11 nitrogen and oxygen atoms in total. The first-order chi connectivity index (χ1) is 16.8. The number of hydrogen-bond donors (Lipinski definition) is 2.